The zero-order valence-corrected chi connectivity index (χ0v) is 14.2. The number of aryl methyl sites for hydroxylation is 1. The molecule has 2 rings (SSSR count). The van der Waals surface area contributed by atoms with Gasteiger partial charge in [-0.2, -0.15) is 0 Å². The number of hydrogen-bond donors (Lipinski definition) is 1. The summed E-state index contributed by atoms with van der Waals surface area (Å²) in [4.78, 5) is 2.44. The molecule has 1 aromatic rings. The highest BCUT2D eigenvalue weighted by Crippen LogP contribution is 2.30. The molecular weight excluding hydrogens is 256 g/mol. The minimum Gasteiger partial charge on any atom is -0.374 e. The maximum Gasteiger partial charge on any atom is 0.0363 e. The first kappa shape index (κ1) is 16.4. The second-order valence-corrected chi connectivity index (χ2v) is 6.74. The molecule has 0 aromatic heterocycles. The van der Waals surface area contributed by atoms with Crippen LogP contribution in [0.1, 0.15) is 45.6 Å². The van der Waals surface area contributed by atoms with Gasteiger partial charge in [0.2, 0.25) is 0 Å². The van der Waals surface area contributed by atoms with Gasteiger partial charge in [0.15, 0.2) is 0 Å². The Bertz CT molecular complexity index is 412. The topological polar surface area (TPSA) is 15.3 Å². The lowest BCUT2D eigenvalue weighted by molar-refractivity contribution is 0.219. The zero-order chi connectivity index (χ0) is 15.2. The highest BCUT2D eigenvalue weighted by atomic mass is 15.1. The largest absolute Gasteiger partial charge is 0.374 e. The van der Waals surface area contributed by atoms with Gasteiger partial charge in [0.1, 0.15) is 0 Å². The Morgan fingerprint density at radius 1 is 1.14 bits per heavy atom. The van der Waals surface area contributed by atoms with Crippen LogP contribution in [0.25, 0.3) is 0 Å². The Labute approximate surface area is 130 Å². The average molecular weight is 288 g/mol. The van der Waals surface area contributed by atoms with E-state index in [0.717, 1.165) is 31.3 Å². The third-order valence-corrected chi connectivity index (χ3v) is 5.00. The van der Waals surface area contributed by atoms with Crippen molar-refractivity contribution in [3.63, 3.8) is 0 Å². The van der Waals surface area contributed by atoms with Crippen LogP contribution >= 0.6 is 0 Å². The van der Waals surface area contributed by atoms with Gasteiger partial charge in [-0.3, -0.25) is 0 Å². The highest BCUT2D eigenvalue weighted by Gasteiger charge is 2.28. The van der Waals surface area contributed by atoms with E-state index in [9.17, 15) is 0 Å². The molecular formula is C19H32N2. The second kappa shape index (κ2) is 7.84. The molecule has 0 saturated heterocycles. The molecule has 1 N–H and O–H groups in total. The Balaban J connectivity index is 1.99. The molecule has 1 aliphatic rings. The minimum atomic E-state index is 0.698. The molecule has 3 unspecified atom stereocenters. The molecule has 0 radical (unpaired) electrons. The number of rotatable bonds is 6. The Kier molecular flexibility index (Phi) is 6.10. The first-order chi connectivity index (χ1) is 10.1. The minimum absolute atomic E-state index is 0.698. The van der Waals surface area contributed by atoms with Crippen molar-refractivity contribution < 1.29 is 0 Å². The molecule has 3 atom stereocenters. The fraction of sp³-hybridized carbons (Fsp3) is 0.684. The van der Waals surface area contributed by atoms with Crippen LogP contribution in [-0.2, 0) is 6.42 Å². The van der Waals surface area contributed by atoms with Crippen LogP contribution in [0, 0.1) is 11.8 Å². The highest BCUT2D eigenvalue weighted by molar-refractivity contribution is 5.47. The first-order valence-corrected chi connectivity index (χ1v) is 8.67. The van der Waals surface area contributed by atoms with Gasteiger partial charge in [-0.05, 0) is 61.8 Å². The summed E-state index contributed by atoms with van der Waals surface area (Å²) in [6, 6.07) is 9.76. The molecule has 0 spiro atoms. The summed E-state index contributed by atoms with van der Waals surface area (Å²) in [7, 11) is 2.24. The van der Waals surface area contributed by atoms with Crippen molar-refractivity contribution in [3.05, 3.63) is 29.8 Å². The van der Waals surface area contributed by atoms with Crippen molar-refractivity contribution in [2.75, 3.05) is 25.0 Å². The van der Waals surface area contributed by atoms with Crippen LogP contribution in [0.4, 0.5) is 5.69 Å². The zero-order valence-electron chi connectivity index (χ0n) is 14.2. The van der Waals surface area contributed by atoms with Gasteiger partial charge in [0.05, 0.1) is 0 Å². The van der Waals surface area contributed by atoms with Crippen LogP contribution in [-0.4, -0.2) is 26.2 Å². The number of benzene rings is 1. The molecule has 2 nitrogen and oxygen atoms in total. The summed E-state index contributed by atoms with van der Waals surface area (Å²) in [6.45, 7) is 9.09. The molecule has 1 aromatic carbocycles. The number of nitrogens with zero attached hydrogens (tertiary/aromatic N) is 1. The molecule has 0 aliphatic heterocycles. The lowest BCUT2D eigenvalue weighted by Crippen LogP contribution is -2.45. The number of hydrogen-bond acceptors (Lipinski definition) is 2. The molecule has 0 heterocycles. The van der Waals surface area contributed by atoms with Crippen LogP contribution in [0.15, 0.2) is 24.3 Å². The van der Waals surface area contributed by atoms with Crippen molar-refractivity contribution >= 4 is 5.69 Å². The Hall–Kier alpha value is -1.02. The first-order valence-electron chi connectivity index (χ1n) is 8.67. The molecule has 0 amide bonds. The van der Waals surface area contributed by atoms with E-state index in [4.69, 9.17) is 0 Å². The average Bonchev–Trinajstić information content (AvgIpc) is 2.50. The van der Waals surface area contributed by atoms with Crippen molar-refractivity contribution in [3.8, 4) is 0 Å². The predicted molar refractivity (Wildman–Crippen MR) is 93.1 cm³/mol. The number of anilines is 1. The van der Waals surface area contributed by atoms with E-state index in [-0.39, 0.29) is 0 Å². The van der Waals surface area contributed by atoms with E-state index in [1.807, 2.05) is 0 Å². The Morgan fingerprint density at radius 2 is 1.86 bits per heavy atom. The fourth-order valence-corrected chi connectivity index (χ4v) is 3.67. The third kappa shape index (κ3) is 4.47. The van der Waals surface area contributed by atoms with Gasteiger partial charge in [0, 0.05) is 25.3 Å². The van der Waals surface area contributed by atoms with E-state index in [0.29, 0.717) is 6.04 Å². The quantitative estimate of drug-likeness (QED) is 0.848. The molecule has 1 saturated carbocycles. The molecule has 0 bridgehead atoms. The van der Waals surface area contributed by atoms with Crippen molar-refractivity contribution in [2.45, 2.75) is 52.5 Å². The van der Waals surface area contributed by atoms with Gasteiger partial charge < -0.3 is 10.2 Å². The van der Waals surface area contributed by atoms with Gasteiger partial charge >= 0.3 is 0 Å². The fourth-order valence-electron chi connectivity index (χ4n) is 3.67. The second-order valence-electron chi connectivity index (χ2n) is 6.74. The van der Waals surface area contributed by atoms with Gasteiger partial charge in [-0.15, -0.1) is 0 Å². The maximum atomic E-state index is 3.70. The summed E-state index contributed by atoms with van der Waals surface area (Å²) < 4.78 is 0. The predicted octanol–water partition coefficient (Wildman–Crippen LogP) is 4.10. The van der Waals surface area contributed by atoms with Crippen LogP contribution in [0.3, 0.4) is 0 Å². The molecule has 1 aliphatic carbocycles. The van der Waals surface area contributed by atoms with E-state index < -0.39 is 0 Å². The van der Waals surface area contributed by atoms with Crippen LogP contribution in [0.2, 0.25) is 0 Å². The van der Waals surface area contributed by atoms with Crippen molar-refractivity contribution in [2.24, 2.45) is 11.8 Å². The van der Waals surface area contributed by atoms with E-state index in [1.54, 1.807) is 0 Å². The molecule has 21 heavy (non-hydrogen) atoms. The SMILES string of the molecule is CCNC1CCC(C)CC1CN(C)c1ccc(CC)cc1. The summed E-state index contributed by atoms with van der Waals surface area (Å²) in [6.07, 6.45) is 5.19. The monoisotopic (exact) mass is 288 g/mol. The van der Waals surface area contributed by atoms with E-state index in [2.05, 4.69) is 62.3 Å². The van der Waals surface area contributed by atoms with Gasteiger partial charge in [-0.1, -0.05) is 32.9 Å². The number of nitrogens with one attached hydrogen (secondary N) is 1. The van der Waals surface area contributed by atoms with Gasteiger partial charge in [0.25, 0.3) is 0 Å². The van der Waals surface area contributed by atoms with E-state index in [1.165, 1.54) is 30.5 Å². The third-order valence-electron chi connectivity index (χ3n) is 5.00. The summed E-state index contributed by atoms with van der Waals surface area (Å²) >= 11 is 0. The standard InChI is InChI=1S/C19H32N2/c1-5-16-8-10-18(11-9-16)21(4)14-17-13-15(3)7-12-19(17)20-6-2/h8-11,15,17,19-20H,5-7,12-14H2,1-4H3. The van der Waals surface area contributed by atoms with Crippen molar-refractivity contribution in [1.29, 1.82) is 0 Å². The Morgan fingerprint density at radius 3 is 2.48 bits per heavy atom. The van der Waals surface area contributed by atoms with E-state index >= 15 is 0 Å². The lowest BCUT2D eigenvalue weighted by Gasteiger charge is -2.38. The van der Waals surface area contributed by atoms with Crippen LogP contribution in [0.5, 0.6) is 0 Å². The molecule has 1 fully saturated rings. The van der Waals surface area contributed by atoms with Crippen LogP contribution < -0.4 is 10.2 Å². The molecule has 2 heteroatoms. The smallest absolute Gasteiger partial charge is 0.0363 e. The molecule has 118 valence electrons. The maximum absolute atomic E-state index is 3.70. The normalized spacial score (nSPS) is 25.8. The summed E-state index contributed by atoms with van der Waals surface area (Å²) in [5, 5.41) is 3.70. The lowest BCUT2D eigenvalue weighted by atomic mass is 9.78. The van der Waals surface area contributed by atoms with Crippen molar-refractivity contribution in [1.82, 2.24) is 5.32 Å². The summed E-state index contributed by atoms with van der Waals surface area (Å²) in [5.74, 6) is 1.64. The summed E-state index contributed by atoms with van der Waals surface area (Å²) in [5.41, 5.74) is 2.77. The van der Waals surface area contributed by atoms with Gasteiger partial charge in [-0.25, -0.2) is 0 Å².